The zero-order valence-electron chi connectivity index (χ0n) is 17.4. The van der Waals surface area contributed by atoms with Crippen molar-refractivity contribution in [2.45, 2.75) is 38.7 Å². The molecule has 162 valence electrons. The van der Waals surface area contributed by atoms with Crippen molar-refractivity contribution in [2.24, 2.45) is 0 Å². The summed E-state index contributed by atoms with van der Waals surface area (Å²) >= 11 is 0. The van der Waals surface area contributed by atoms with Gasteiger partial charge >= 0.3 is 6.01 Å². The molecule has 0 saturated carbocycles. The highest BCUT2D eigenvalue weighted by molar-refractivity contribution is 5.59. The Morgan fingerprint density at radius 3 is 2.80 bits per heavy atom. The van der Waals surface area contributed by atoms with E-state index in [1.165, 1.54) is 0 Å². The van der Waals surface area contributed by atoms with Gasteiger partial charge in [0, 0.05) is 38.3 Å². The van der Waals surface area contributed by atoms with Gasteiger partial charge < -0.3 is 25.6 Å². The van der Waals surface area contributed by atoms with E-state index in [2.05, 4.69) is 32.3 Å². The quantitative estimate of drug-likeness (QED) is 0.373. The topological polar surface area (TPSA) is 133 Å². The molecular weight excluding hydrogens is 386 g/mol. The fourth-order valence-electron chi connectivity index (χ4n) is 3.04. The lowest BCUT2D eigenvalue weighted by atomic mass is 10.1. The van der Waals surface area contributed by atoms with Crippen LogP contribution < -0.4 is 20.5 Å². The van der Waals surface area contributed by atoms with E-state index in [0.29, 0.717) is 31.0 Å². The molecule has 0 amide bonds. The molecule has 10 heteroatoms. The molecule has 1 atom stereocenters. The van der Waals surface area contributed by atoms with Crippen LogP contribution in [0.25, 0.3) is 5.65 Å². The van der Waals surface area contributed by atoms with Crippen LogP contribution in [0.15, 0.2) is 24.5 Å². The Morgan fingerprint density at radius 1 is 1.23 bits per heavy atom. The van der Waals surface area contributed by atoms with E-state index in [1.807, 2.05) is 19.2 Å². The minimum atomic E-state index is -0.163. The summed E-state index contributed by atoms with van der Waals surface area (Å²) in [4.78, 5) is 12.9. The van der Waals surface area contributed by atoms with Gasteiger partial charge in [-0.05, 0) is 19.0 Å². The summed E-state index contributed by atoms with van der Waals surface area (Å²) in [6.07, 6.45) is 6.14. The number of nitrogen functional groups attached to an aromatic ring is 1. The van der Waals surface area contributed by atoms with Gasteiger partial charge in [-0.25, -0.2) is 14.5 Å². The van der Waals surface area contributed by atoms with Crippen molar-refractivity contribution < 1.29 is 14.6 Å². The fourth-order valence-corrected chi connectivity index (χ4v) is 3.04. The second-order valence-electron chi connectivity index (χ2n) is 6.94. The van der Waals surface area contributed by atoms with Crippen LogP contribution in [0.4, 0.5) is 5.82 Å². The molecular formula is C20H29N7O3. The van der Waals surface area contributed by atoms with E-state index in [4.69, 9.17) is 15.2 Å². The van der Waals surface area contributed by atoms with Crippen LogP contribution in [-0.2, 0) is 6.42 Å². The summed E-state index contributed by atoms with van der Waals surface area (Å²) in [6, 6.07) is 3.98. The normalized spacial score (nSPS) is 12.2. The number of aliphatic hydroxyl groups excluding tert-OH is 1. The third-order valence-corrected chi connectivity index (χ3v) is 4.56. The molecule has 0 aliphatic heterocycles. The summed E-state index contributed by atoms with van der Waals surface area (Å²) < 4.78 is 13.1. The van der Waals surface area contributed by atoms with Gasteiger partial charge in [-0.1, -0.05) is 19.4 Å². The van der Waals surface area contributed by atoms with Gasteiger partial charge in [0.25, 0.3) is 0 Å². The molecule has 30 heavy (non-hydrogen) atoms. The number of pyridine rings is 1. The predicted octanol–water partition coefficient (Wildman–Crippen LogP) is 1.22. The summed E-state index contributed by atoms with van der Waals surface area (Å²) in [5.74, 6) is 0.831. The summed E-state index contributed by atoms with van der Waals surface area (Å²) in [6.45, 7) is 3.42. The fraction of sp³-hybridized carbons (Fsp3) is 0.500. The van der Waals surface area contributed by atoms with E-state index in [9.17, 15) is 5.11 Å². The predicted molar refractivity (Wildman–Crippen MR) is 113 cm³/mol. The second kappa shape index (κ2) is 10.7. The standard InChI is InChI=1S/C20H29N7O3/c1-3-4-16(7-9-28)30-20-25-18(21)19-24-13-15(27(19)26-20)11-14-5-6-17(23-12-14)29-10-8-22-2/h5-6,12-13,16,22,28H,3-4,7-11H2,1-2H3,(H2,21,25,26). The van der Waals surface area contributed by atoms with E-state index < -0.39 is 0 Å². The molecule has 0 radical (unpaired) electrons. The average Bonchev–Trinajstić information content (AvgIpc) is 3.13. The Hall–Kier alpha value is -2.98. The number of hydrogen-bond donors (Lipinski definition) is 3. The van der Waals surface area contributed by atoms with E-state index in [1.54, 1.807) is 16.9 Å². The number of aliphatic hydroxyl groups is 1. The SMILES string of the molecule is CCCC(CCO)Oc1nc(N)c2ncc(Cc3ccc(OCCNC)nc3)n2n1. The molecule has 0 spiro atoms. The van der Waals surface area contributed by atoms with Crippen LogP contribution in [0.2, 0.25) is 0 Å². The van der Waals surface area contributed by atoms with Gasteiger partial charge in [0.15, 0.2) is 11.5 Å². The first-order valence-corrected chi connectivity index (χ1v) is 10.1. The maximum Gasteiger partial charge on any atom is 0.336 e. The lowest BCUT2D eigenvalue weighted by Crippen LogP contribution is -2.20. The van der Waals surface area contributed by atoms with Gasteiger partial charge in [0.1, 0.15) is 12.7 Å². The van der Waals surface area contributed by atoms with Gasteiger partial charge in [-0.15, -0.1) is 5.10 Å². The number of aromatic nitrogens is 5. The van der Waals surface area contributed by atoms with Crippen LogP contribution in [0, 0.1) is 0 Å². The van der Waals surface area contributed by atoms with Crippen molar-refractivity contribution in [3.05, 3.63) is 35.8 Å². The Bertz CT molecular complexity index is 924. The highest BCUT2D eigenvalue weighted by atomic mass is 16.5. The van der Waals surface area contributed by atoms with Crippen molar-refractivity contribution in [3.63, 3.8) is 0 Å². The number of imidazole rings is 1. The monoisotopic (exact) mass is 415 g/mol. The molecule has 0 aliphatic carbocycles. The Kier molecular flexibility index (Phi) is 7.75. The number of likely N-dealkylation sites (N-methyl/N-ethyl adjacent to an activating group) is 1. The lowest BCUT2D eigenvalue weighted by Gasteiger charge is -2.16. The molecule has 0 fully saturated rings. The second-order valence-corrected chi connectivity index (χ2v) is 6.94. The number of nitrogens with one attached hydrogen (secondary N) is 1. The maximum absolute atomic E-state index is 9.24. The van der Waals surface area contributed by atoms with Crippen molar-refractivity contribution in [3.8, 4) is 11.9 Å². The molecule has 0 bridgehead atoms. The number of nitrogens with zero attached hydrogens (tertiary/aromatic N) is 5. The van der Waals surface area contributed by atoms with Crippen molar-refractivity contribution in [1.82, 2.24) is 29.9 Å². The van der Waals surface area contributed by atoms with E-state index in [-0.39, 0.29) is 24.5 Å². The summed E-state index contributed by atoms with van der Waals surface area (Å²) in [5.41, 5.74) is 8.37. The minimum Gasteiger partial charge on any atom is -0.476 e. The molecule has 3 aromatic heterocycles. The molecule has 10 nitrogen and oxygen atoms in total. The first kappa shape index (κ1) is 21.7. The van der Waals surface area contributed by atoms with Gasteiger partial charge in [0.2, 0.25) is 5.88 Å². The molecule has 0 aliphatic rings. The number of fused-ring (bicyclic) bond motifs is 1. The summed E-state index contributed by atoms with van der Waals surface area (Å²) in [5, 5.41) is 16.7. The first-order chi connectivity index (χ1) is 14.6. The van der Waals surface area contributed by atoms with Crippen LogP contribution in [0.5, 0.6) is 11.9 Å². The van der Waals surface area contributed by atoms with Crippen LogP contribution in [0.3, 0.4) is 0 Å². The van der Waals surface area contributed by atoms with Gasteiger partial charge in [0.05, 0.1) is 11.9 Å². The maximum atomic E-state index is 9.24. The zero-order valence-corrected chi connectivity index (χ0v) is 17.4. The van der Waals surface area contributed by atoms with Crippen molar-refractivity contribution in [2.75, 3.05) is 32.5 Å². The molecule has 3 aromatic rings. The van der Waals surface area contributed by atoms with E-state index in [0.717, 1.165) is 30.6 Å². The average molecular weight is 415 g/mol. The largest absolute Gasteiger partial charge is 0.476 e. The Morgan fingerprint density at radius 2 is 2.10 bits per heavy atom. The number of rotatable bonds is 12. The van der Waals surface area contributed by atoms with Crippen LogP contribution in [-0.4, -0.2) is 62.6 Å². The first-order valence-electron chi connectivity index (χ1n) is 10.1. The number of hydrogen-bond acceptors (Lipinski definition) is 9. The highest BCUT2D eigenvalue weighted by Crippen LogP contribution is 2.19. The molecule has 3 rings (SSSR count). The van der Waals surface area contributed by atoms with Crippen LogP contribution in [0.1, 0.15) is 37.4 Å². The Labute approximate surface area is 175 Å². The molecule has 0 aromatic carbocycles. The molecule has 3 heterocycles. The summed E-state index contributed by atoms with van der Waals surface area (Å²) in [7, 11) is 1.87. The number of nitrogens with two attached hydrogens (primary N) is 1. The van der Waals surface area contributed by atoms with Gasteiger partial charge in [-0.2, -0.15) is 4.98 Å². The Balaban J connectivity index is 1.77. The third-order valence-electron chi connectivity index (χ3n) is 4.56. The van der Waals surface area contributed by atoms with Crippen molar-refractivity contribution >= 4 is 11.5 Å². The van der Waals surface area contributed by atoms with Crippen LogP contribution >= 0.6 is 0 Å². The molecule has 4 N–H and O–H groups in total. The molecule has 0 saturated heterocycles. The smallest absolute Gasteiger partial charge is 0.336 e. The van der Waals surface area contributed by atoms with Gasteiger partial charge in [-0.3, -0.25) is 0 Å². The number of ether oxygens (including phenoxy) is 2. The lowest BCUT2D eigenvalue weighted by molar-refractivity contribution is 0.133. The molecule has 1 unspecified atom stereocenters. The van der Waals surface area contributed by atoms with Crippen molar-refractivity contribution in [1.29, 1.82) is 0 Å². The van der Waals surface area contributed by atoms with E-state index >= 15 is 0 Å². The third kappa shape index (κ3) is 5.55. The number of anilines is 1. The minimum absolute atomic E-state index is 0.0420. The zero-order chi connectivity index (χ0) is 21.3. The highest BCUT2D eigenvalue weighted by Gasteiger charge is 2.16.